The van der Waals surface area contributed by atoms with Crippen LogP contribution in [0, 0.1) is 18.3 Å². The van der Waals surface area contributed by atoms with Gasteiger partial charge in [-0.05, 0) is 48.9 Å². The average Bonchev–Trinajstić information content (AvgIpc) is 3.49. The SMILES string of the molecule is COC(=O)C=C(c1c(OC)cc(C)c2[nH]ccc12)c1nc2ccc(C#N)cc2n1COCC[Si](C)(C)C. The zero-order chi connectivity index (χ0) is 26.7. The summed E-state index contributed by atoms with van der Waals surface area (Å²) < 4.78 is 18.9. The summed E-state index contributed by atoms with van der Waals surface area (Å²) in [6, 6.07) is 12.4. The summed E-state index contributed by atoms with van der Waals surface area (Å²) in [6.07, 6.45) is 3.29. The molecule has 0 aliphatic carbocycles. The molecule has 0 saturated heterocycles. The highest BCUT2D eigenvalue weighted by molar-refractivity contribution is 6.76. The first-order valence-corrected chi connectivity index (χ1v) is 15.8. The van der Waals surface area contributed by atoms with Crippen LogP contribution in [0.1, 0.15) is 22.5 Å². The molecule has 0 atom stereocenters. The molecular weight excluding hydrogens is 484 g/mol. The Morgan fingerprint density at radius 2 is 2.00 bits per heavy atom. The Hall–Kier alpha value is -3.87. The van der Waals surface area contributed by atoms with Gasteiger partial charge >= 0.3 is 5.97 Å². The van der Waals surface area contributed by atoms with Crippen LogP contribution in [0.5, 0.6) is 5.75 Å². The first kappa shape index (κ1) is 26.2. The Labute approximate surface area is 217 Å². The summed E-state index contributed by atoms with van der Waals surface area (Å²) in [6.45, 7) is 9.73. The Kier molecular flexibility index (Phi) is 7.52. The van der Waals surface area contributed by atoms with E-state index in [1.165, 1.54) is 13.2 Å². The normalized spacial score (nSPS) is 12.2. The monoisotopic (exact) mass is 516 g/mol. The topological polar surface area (TPSA) is 102 Å². The van der Waals surface area contributed by atoms with Crippen molar-refractivity contribution >= 4 is 41.6 Å². The van der Waals surface area contributed by atoms with Crippen molar-refractivity contribution in [2.45, 2.75) is 39.3 Å². The van der Waals surface area contributed by atoms with Gasteiger partial charge in [-0.15, -0.1) is 0 Å². The predicted octanol–water partition coefficient (Wildman–Crippen LogP) is 5.62. The molecule has 0 saturated carbocycles. The van der Waals surface area contributed by atoms with Gasteiger partial charge in [-0.3, -0.25) is 4.57 Å². The van der Waals surface area contributed by atoms with E-state index in [1.807, 2.05) is 35.9 Å². The summed E-state index contributed by atoms with van der Waals surface area (Å²) >= 11 is 0. The molecule has 8 nitrogen and oxygen atoms in total. The van der Waals surface area contributed by atoms with Crippen LogP contribution in [-0.4, -0.2) is 49.4 Å². The van der Waals surface area contributed by atoms with Crippen LogP contribution in [-0.2, 0) is 21.0 Å². The van der Waals surface area contributed by atoms with Gasteiger partial charge in [0.25, 0.3) is 0 Å². The average molecular weight is 517 g/mol. The molecule has 0 aliphatic rings. The summed E-state index contributed by atoms with van der Waals surface area (Å²) in [4.78, 5) is 20.8. The quantitative estimate of drug-likeness (QED) is 0.134. The van der Waals surface area contributed by atoms with Crippen molar-refractivity contribution in [2.75, 3.05) is 20.8 Å². The van der Waals surface area contributed by atoms with Gasteiger partial charge < -0.3 is 19.2 Å². The van der Waals surface area contributed by atoms with E-state index in [9.17, 15) is 10.1 Å². The van der Waals surface area contributed by atoms with Gasteiger partial charge in [-0.1, -0.05) is 19.6 Å². The second kappa shape index (κ2) is 10.6. The Bertz CT molecular complexity index is 1540. The fourth-order valence-electron chi connectivity index (χ4n) is 4.30. The number of nitrogens with zero attached hydrogens (tertiary/aromatic N) is 3. The van der Waals surface area contributed by atoms with Crippen molar-refractivity contribution in [3.8, 4) is 11.8 Å². The lowest BCUT2D eigenvalue weighted by Crippen LogP contribution is -2.22. The molecule has 0 bridgehead atoms. The molecule has 0 aliphatic heterocycles. The smallest absolute Gasteiger partial charge is 0.331 e. The van der Waals surface area contributed by atoms with E-state index in [4.69, 9.17) is 19.2 Å². The Balaban J connectivity index is 1.96. The number of rotatable bonds is 9. The highest BCUT2D eigenvalue weighted by Crippen LogP contribution is 2.39. The van der Waals surface area contributed by atoms with Gasteiger partial charge in [0.1, 0.15) is 18.3 Å². The Morgan fingerprint density at radius 3 is 2.68 bits per heavy atom. The molecule has 0 spiro atoms. The minimum atomic E-state index is -1.29. The maximum absolute atomic E-state index is 12.7. The molecule has 2 aromatic carbocycles. The maximum atomic E-state index is 12.7. The number of ether oxygens (including phenoxy) is 3. The summed E-state index contributed by atoms with van der Waals surface area (Å²) in [7, 11) is 1.66. The van der Waals surface area contributed by atoms with Gasteiger partial charge in [-0.25, -0.2) is 9.78 Å². The number of carbonyl (C=O) groups is 1. The molecule has 2 aromatic heterocycles. The number of nitrogens with one attached hydrogen (secondary N) is 1. The van der Waals surface area contributed by atoms with E-state index in [0.717, 1.165) is 28.0 Å². The van der Waals surface area contributed by atoms with E-state index in [1.54, 1.807) is 19.2 Å². The highest BCUT2D eigenvalue weighted by Gasteiger charge is 2.24. The van der Waals surface area contributed by atoms with E-state index in [0.29, 0.717) is 40.4 Å². The Morgan fingerprint density at radius 1 is 1.22 bits per heavy atom. The van der Waals surface area contributed by atoms with Gasteiger partial charge in [-0.2, -0.15) is 5.26 Å². The van der Waals surface area contributed by atoms with Crippen LogP contribution < -0.4 is 4.74 Å². The van der Waals surface area contributed by atoms with Crippen molar-refractivity contribution < 1.29 is 19.0 Å². The highest BCUT2D eigenvalue weighted by atomic mass is 28.3. The molecule has 4 rings (SSSR count). The van der Waals surface area contributed by atoms with Crippen molar-refractivity contribution in [1.82, 2.24) is 14.5 Å². The minimum absolute atomic E-state index is 0.216. The van der Waals surface area contributed by atoms with Crippen LogP contribution in [0.15, 0.2) is 42.6 Å². The van der Waals surface area contributed by atoms with Gasteiger partial charge in [0, 0.05) is 49.0 Å². The number of esters is 1. The number of carbonyl (C=O) groups excluding carboxylic acids is 1. The summed E-state index contributed by atoms with van der Waals surface area (Å²) in [5.74, 6) is 0.612. The minimum Gasteiger partial charge on any atom is -0.496 e. The third-order valence-corrected chi connectivity index (χ3v) is 8.00. The van der Waals surface area contributed by atoms with Gasteiger partial charge in [0.2, 0.25) is 0 Å². The lowest BCUT2D eigenvalue weighted by atomic mass is 9.97. The van der Waals surface area contributed by atoms with Crippen molar-refractivity contribution in [3.63, 3.8) is 0 Å². The number of hydrogen-bond donors (Lipinski definition) is 1. The largest absolute Gasteiger partial charge is 0.496 e. The van der Waals surface area contributed by atoms with Crippen LogP contribution in [0.3, 0.4) is 0 Å². The third kappa shape index (κ3) is 5.45. The zero-order valence-electron chi connectivity index (χ0n) is 22.1. The van der Waals surface area contributed by atoms with E-state index >= 15 is 0 Å². The van der Waals surface area contributed by atoms with Crippen LogP contribution in [0.25, 0.3) is 27.5 Å². The van der Waals surface area contributed by atoms with E-state index in [2.05, 4.69) is 30.7 Å². The first-order valence-electron chi connectivity index (χ1n) is 12.1. The van der Waals surface area contributed by atoms with Crippen molar-refractivity contribution in [3.05, 3.63) is 65.1 Å². The molecule has 2 heterocycles. The lowest BCUT2D eigenvalue weighted by molar-refractivity contribution is -0.134. The van der Waals surface area contributed by atoms with Crippen molar-refractivity contribution in [2.24, 2.45) is 0 Å². The number of H-pyrrole nitrogens is 1. The van der Waals surface area contributed by atoms with Crippen LogP contribution in [0.2, 0.25) is 25.7 Å². The fourth-order valence-corrected chi connectivity index (χ4v) is 5.06. The number of aromatic amines is 1. The molecule has 9 heteroatoms. The van der Waals surface area contributed by atoms with Gasteiger partial charge in [0.05, 0.1) is 36.9 Å². The molecule has 4 aromatic rings. The maximum Gasteiger partial charge on any atom is 0.331 e. The van der Waals surface area contributed by atoms with Gasteiger partial charge in [0.15, 0.2) is 0 Å². The summed E-state index contributed by atoms with van der Waals surface area (Å²) in [5, 5.41) is 10.4. The molecule has 192 valence electrons. The second-order valence-corrected chi connectivity index (χ2v) is 15.8. The second-order valence-electron chi connectivity index (χ2n) is 10.1. The molecule has 0 unspecified atom stereocenters. The number of aryl methyl sites for hydroxylation is 1. The van der Waals surface area contributed by atoms with Crippen LogP contribution in [0.4, 0.5) is 0 Å². The number of fused-ring (bicyclic) bond motifs is 2. The molecule has 0 radical (unpaired) electrons. The number of methoxy groups -OCH3 is 2. The summed E-state index contributed by atoms with van der Waals surface area (Å²) in [5.41, 5.74) is 5.16. The lowest BCUT2D eigenvalue weighted by Gasteiger charge is -2.18. The van der Waals surface area contributed by atoms with E-state index < -0.39 is 14.0 Å². The molecule has 0 amide bonds. The first-order chi connectivity index (χ1) is 17.7. The predicted molar refractivity (Wildman–Crippen MR) is 147 cm³/mol. The molecule has 37 heavy (non-hydrogen) atoms. The number of hydrogen-bond acceptors (Lipinski definition) is 6. The number of imidazole rings is 1. The fraction of sp³-hybridized carbons (Fsp3) is 0.321. The number of benzene rings is 2. The zero-order valence-corrected chi connectivity index (χ0v) is 23.1. The number of nitriles is 1. The molecule has 1 N–H and O–H groups in total. The third-order valence-electron chi connectivity index (χ3n) is 6.29. The standard InChI is InChI=1S/C28H32N4O4Si/c1-18-13-24(34-2)26(20-9-10-30-27(18)20)21(15-25(33)35-3)28-31-22-8-7-19(16-29)14-23(22)32(28)17-36-11-12-37(4,5)6/h7-10,13-15,30H,11-12,17H2,1-6H3. The van der Waals surface area contributed by atoms with E-state index in [-0.39, 0.29) is 6.73 Å². The van der Waals surface area contributed by atoms with Crippen LogP contribution >= 0.6 is 0 Å². The number of aromatic nitrogens is 3. The molecule has 0 fully saturated rings. The van der Waals surface area contributed by atoms with Crippen molar-refractivity contribution in [1.29, 1.82) is 5.26 Å². The molecular formula is C28H32N4O4Si.